The number of rotatable bonds is 2. The summed E-state index contributed by atoms with van der Waals surface area (Å²) in [6.45, 7) is 5.27. The fourth-order valence-electron chi connectivity index (χ4n) is 3.66. The minimum absolute atomic E-state index is 0.250. The van der Waals surface area contributed by atoms with Gasteiger partial charge >= 0.3 is 0 Å². The van der Waals surface area contributed by atoms with Gasteiger partial charge in [-0.25, -0.2) is 8.78 Å². The van der Waals surface area contributed by atoms with E-state index < -0.39 is 11.6 Å². The second-order valence-electron chi connectivity index (χ2n) is 6.95. The highest BCUT2D eigenvalue weighted by Crippen LogP contribution is 2.45. The molecule has 0 bridgehead atoms. The van der Waals surface area contributed by atoms with E-state index in [1.807, 2.05) is 6.07 Å². The molecule has 2 aromatic carbocycles. The van der Waals surface area contributed by atoms with E-state index in [2.05, 4.69) is 31.3 Å². The van der Waals surface area contributed by atoms with Crippen LogP contribution in [0.3, 0.4) is 0 Å². The van der Waals surface area contributed by atoms with Crippen LogP contribution in [0.1, 0.15) is 48.6 Å². The first-order valence-corrected chi connectivity index (χ1v) is 8.62. The molecule has 3 atom stereocenters. The van der Waals surface area contributed by atoms with Crippen LogP contribution in [0, 0.1) is 11.6 Å². The van der Waals surface area contributed by atoms with Crippen molar-refractivity contribution in [1.82, 2.24) is 0 Å². The highest BCUT2D eigenvalue weighted by atomic mass is 19.1. The maximum absolute atomic E-state index is 13.7. The summed E-state index contributed by atoms with van der Waals surface area (Å²) in [5, 5.41) is 3.39. The van der Waals surface area contributed by atoms with Gasteiger partial charge in [-0.1, -0.05) is 26.0 Å². The summed E-state index contributed by atoms with van der Waals surface area (Å²) in [7, 11) is 0. The quantitative estimate of drug-likeness (QED) is 0.855. The average molecular weight is 345 g/mol. The van der Waals surface area contributed by atoms with Gasteiger partial charge in [-0.2, -0.15) is 0 Å². The van der Waals surface area contributed by atoms with Gasteiger partial charge in [0.1, 0.15) is 23.8 Å². The smallest absolute Gasteiger partial charge is 0.126 e. The molecule has 25 heavy (non-hydrogen) atoms. The number of benzene rings is 2. The Bertz CT molecular complexity index is 773. The molecule has 0 spiro atoms. The van der Waals surface area contributed by atoms with Gasteiger partial charge in [0.25, 0.3) is 0 Å². The fourth-order valence-corrected chi connectivity index (χ4v) is 3.66. The van der Waals surface area contributed by atoms with E-state index in [1.54, 1.807) is 0 Å². The van der Waals surface area contributed by atoms with Gasteiger partial charge in [0, 0.05) is 17.3 Å². The largest absolute Gasteiger partial charge is 0.375 e. The molecule has 4 rings (SSSR count). The van der Waals surface area contributed by atoms with Crippen LogP contribution in [0.25, 0.3) is 0 Å². The third kappa shape index (κ3) is 3.02. The van der Waals surface area contributed by atoms with E-state index in [9.17, 15) is 8.78 Å². The van der Waals surface area contributed by atoms with Crippen LogP contribution in [-0.4, -0.2) is 19.3 Å². The topological polar surface area (TPSA) is 30.5 Å². The number of hydrogen-bond donors (Lipinski definition) is 1. The molecule has 2 aliphatic heterocycles. The molecule has 1 N–H and O–H groups in total. The van der Waals surface area contributed by atoms with E-state index in [0.29, 0.717) is 24.7 Å². The lowest BCUT2D eigenvalue weighted by molar-refractivity contribution is -0.151. The third-order valence-corrected chi connectivity index (χ3v) is 4.92. The van der Waals surface area contributed by atoms with Crippen LogP contribution in [-0.2, 0) is 9.47 Å². The zero-order valence-corrected chi connectivity index (χ0v) is 14.3. The fraction of sp³-hybridized carbons (Fsp3) is 0.400. The molecular formula is C20H21F2NO2. The van der Waals surface area contributed by atoms with Crippen molar-refractivity contribution in [2.24, 2.45) is 0 Å². The molecule has 0 aliphatic carbocycles. The van der Waals surface area contributed by atoms with Crippen molar-refractivity contribution in [1.29, 1.82) is 0 Å². The van der Waals surface area contributed by atoms with Crippen molar-refractivity contribution in [2.75, 3.05) is 18.5 Å². The Morgan fingerprint density at radius 2 is 1.72 bits per heavy atom. The molecular weight excluding hydrogens is 324 g/mol. The van der Waals surface area contributed by atoms with Crippen LogP contribution >= 0.6 is 0 Å². The first-order valence-electron chi connectivity index (χ1n) is 8.62. The Hall–Kier alpha value is -1.98. The Morgan fingerprint density at radius 3 is 2.44 bits per heavy atom. The lowest BCUT2D eigenvalue weighted by atomic mass is 9.86. The number of hydrogen-bond acceptors (Lipinski definition) is 3. The highest BCUT2D eigenvalue weighted by Gasteiger charge is 2.41. The maximum Gasteiger partial charge on any atom is 0.126 e. The van der Waals surface area contributed by atoms with E-state index >= 15 is 0 Å². The summed E-state index contributed by atoms with van der Waals surface area (Å²) in [5.41, 5.74) is 3.72. The molecule has 1 saturated heterocycles. The predicted octanol–water partition coefficient (Wildman–Crippen LogP) is 4.71. The highest BCUT2D eigenvalue weighted by molar-refractivity contribution is 5.59. The van der Waals surface area contributed by atoms with Gasteiger partial charge < -0.3 is 14.8 Å². The van der Waals surface area contributed by atoms with Gasteiger partial charge in [-0.05, 0) is 35.2 Å². The second-order valence-corrected chi connectivity index (χ2v) is 6.95. The summed E-state index contributed by atoms with van der Waals surface area (Å²) < 4.78 is 39.4. The number of anilines is 1. The average Bonchev–Trinajstić information content (AvgIpc) is 2.59. The Balaban J connectivity index is 1.78. The lowest BCUT2D eigenvalue weighted by Gasteiger charge is -2.43. The van der Waals surface area contributed by atoms with Gasteiger partial charge in [0.15, 0.2) is 0 Å². The molecule has 1 fully saturated rings. The zero-order chi connectivity index (χ0) is 17.6. The normalized spacial score (nSPS) is 25.2. The van der Waals surface area contributed by atoms with E-state index in [4.69, 9.17) is 9.47 Å². The van der Waals surface area contributed by atoms with Crippen LogP contribution in [0.15, 0.2) is 36.4 Å². The Kier molecular flexibility index (Phi) is 4.21. The molecule has 5 heteroatoms. The molecule has 0 radical (unpaired) electrons. The number of halogens is 2. The van der Waals surface area contributed by atoms with Crippen LogP contribution < -0.4 is 5.32 Å². The van der Waals surface area contributed by atoms with Crippen LogP contribution in [0.4, 0.5) is 14.5 Å². The molecule has 0 aromatic heterocycles. The van der Waals surface area contributed by atoms with Crippen molar-refractivity contribution in [3.63, 3.8) is 0 Å². The number of nitrogens with one attached hydrogen (secondary N) is 1. The monoisotopic (exact) mass is 345 g/mol. The Morgan fingerprint density at radius 1 is 1.00 bits per heavy atom. The van der Waals surface area contributed by atoms with Gasteiger partial charge in [0.05, 0.1) is 19.3 Å². The minimum Gasteiger partial charge on any atom is -0.375 e. The van der Waals surface area contributed by atoms with Crippen LogP contribution in [0.5, 0.6) is 0 Å². The molecule has 0 amide bonds. The molecule has 3 unspecified atom stereocenters. The molecule has 2 heterocycles. The van der Waals surface area contributed by atoms with E-state index in [0.717, 1.165) is 17.3 Å². The predicted molar refractivity (Wildman–Crippen MR) is 91.7 cm³/mol. The maximum atomic E-state index is 13.7. The van der Waals surface area contributed by atoms with Crippen molar-refractivity contribution in [3.05, 3.63) is 64.7 Å². The number of ether oxygens (including phenoxy) is 2. The third-order valence-electron chi connectivity index (χ3n) is 4.92. The molecule has 132 valence electrons. The van der Waals surface area contributed by atoms with Gasteiger partial charge in [-0.15, -0.1) is 0 Å². The first kappa shape index (κ1) is 16.5. The standard InChI is InChI=1S/C20H21F2NO2/c1-11(2)12-3-4-17-16(9-12)19-20(25-6-5-24-19)18(23-17)13-7-14(21)10-15(22)8-13/h3-4,7-11,18-20,23H,5-6H2,1-2H3. The van der Waals surface area contributed by atoms with Crippen molar-refractivity contribution < 1.29 is 18.3 Å². The molecule has 0 saturated carbocycles. The lowest BCUT2D eigenvalue weighted by Crippen LogP contribution is -2.43. The van der Waals surface area contributed by atoms with Gasteiger partial charge in [-0.3, -0.25) is 0 Å². The summed E-state index contributed by atoms with van der Waals surface area (Å²) in [6.07, 6.45) is -0.579. The second kappa shape index (κ2) is 6.39. The SMILES string of the molecule is CC(C)c1ccc2c(c1)C1OCCOC1C(c1cc(F)cc(F)c1)N2. The Labute approximate surface area is 146 Å². The number of fused-ring (bicyclic) bond motifs is 3. The zero-order valence-electron chi connectivity index (χ0n) is 14.3. The molecule has 2 aliphatic rings. The van der Waals surface area contributed by atoms with Crippen LogP contribution in [0.2, 0.25) is 0 Å². The van der Waals surface area contributed by atoms with E-state index in [1.165, 1.54) is 17.7 Å². The minimum atomic E-state index is -0.592. The summed E-state index contributed by atoms with van der Waals surface area (Å²) in [5.74, 6) is -0.777. The van der Waals surface area contributed by atoms with Crippen molar-refractivity contribution in [3.8, 4) is 0 Å². The van der Waals surface area contributed by atoms with Gasteiger partial charge in [0.2, 0.25) is 0 Å². The molecule has 2 aromatic rings. The van der Waals surface area contributed by atoms with Crippen molar-refractivity contribution in [2.45, 2.75) is 38.0 Å². The summed E-state index contributed by atoms with van der Waals surface area (Å²) in [4.78, 5) is 0. The first-order chi connectivity index (χ1) is 12.0. The summed E-state index contributed by atoms with van der Waals surface area (Å²) in [6, 6.07) is 9.44. The van der Waals surface area contributed by atoms with E-state index in [-0.39, 0.29) is 18.2 Å². The molecule has 3 nitrogen and oxygen atoms in total. The summed E-state index contributed by atoms with van der Waals surface area (Å²) >= 11 is 0. The van der Waals surface area contributed by atoms with Crippen molar-refractivity contribution >= 4 is 5.69 Å².